The third-order valence-electron chi connectivity index (χ3n) is 9.97. The molecule has 7 rings (SSSR count). The third kappa shape index (κ3) is 5.34. The summed E-state index contributed by atoms with van der Waals surface area (Å²) in [6, 6.07) is 32.1. The van der Waals surface area contributed by atoms with Crippen LogP contribution in [0.5, 0.6) is 5.75 Å². The fourth-order valence-corrected chi connectivity index (χ4v) is 7.88. The zero-order valence-electron chi connectivity index (χ0n) is 24.9. The molecule has 0 radical (unpaired) electrons. The van der Waals surface area contributed by atoms with Crippen LogP contribution in [0.2, 0.25) is 0 Å². The van der Waals surface area contributed by atoms with Crippen molar-refractivity contribution in [3.8, 4) is 5.75 Å². The molecule has 3 aliphatic rings. The quantitative estimate of drug-likeness (QED) is 0.211. The minimum atomic E-state index is -0.220. The molecule has 3 atom stereocenters. The highest BCUT2D eigenvalue weighted by molar-refractivity contribution is 5.86. The number of rotatable bonds is 8. The molecule has 224 valence electrons. The number of nitrogens with zero attached hydrogens (tertiary/aromatic N) is 1. The molecule has 0 spiro atoms. The van der Waals surface area contributed by atoms with E-state index < -0.39 is 0 Å². The fourth-order valence-electron chi connectivity index (χ4n) is 7.88. The Morgan fingerprint density at radius 2 is 1.59 bits per heavy atom. The van der Waals surface area contributed by atoms with Gasteiger partial charge in [0, 0.05) is 29.3 Å². The minimum Gasteiger partial charge on any atom is -0.487 e. The van der Waals surface area contributed by atoms with Gasteiger partial charge in [0.15, 0.2) is 6.29 Å². The van der Waals surface area contributed by atoms with E-state index in [9.17, 15) is 9.59 Å². The maximum Gasteiger partial charge on any atom is 0.410 e. The smallest absolute Gasteiger partial charge is 0.410 e. The molecule has 4 aromatic carbocycles. The van der Waals surface area contributed by atoms with Gasteiger partial charge in [-0.25, -0.2) is 4.79 Å². The van der Waals surface area contributed by atoms with Gasteiger partial charge < -0.3 is 19.7 Å². The molecule has 44 heavy (non-hydrogen) atoms. The predicted molar refractivity (Wildman–Crippen MR) is 171 cm³/mol. The highest BCUT2D eigenvalue weighted by Crippen LogP contribution is 2.57. The van der Waals surface area contributed by atoms with Gasteiger partial charge in [-0.3, -0.25) is 4.79 Å². The van der Waals surface area contributed by atoms with Gasteiger partial charge in [0.05, 0.1) is 5.69 Å². The first-order valence-corrected chi connectivity index (χ1v) is 15.8. The number of likely N-dealkylation sites (tertiary alicyclic amines) is 1. The van der Waals surface area contributed by atoms with Crippen molar-refractivity contribution in [2.45, 2.75) is 63.2 Å². The Bertz CT molecular complexity index is 1640. The number of amides is 1. The summed E-state index contributed by atoms with van der Waals surface area (Å²) in [5, 5.41) is 3.52. The Morgan fingerprint density at radius 3 is 2.36 bits per heavy atom. The number of benzene rings is 4. The van der Waals surface area contributed by atoms with Crippen LogP contribution in [0.15, 0.2) is 97.1 Å². The van der Waals surface area contributed by atoms with Crippen LogP contribution in [0, 0.1) is 5.92 Å². The average Bonchev–Trinajstić information content (AvgIpc) is 3.07. The average molecular weight is 587 g/mol. The number of ether oxygens (including phenoxy) is 2. The number of nitrogens with one attached hydrogen (secondary N) is 1. The van der Waals surface area contributed by atoms with Crippen molar-refractivity contribution in [3.05, 3.63) is 125 Å². The number of anilines is 2. The van der Waals surface area contributed by atoms with Crippen molar-refractivity contribution in [3.63, 3.8) is 0 Å². The number of hydrogen-bond donors (Lipinski definition) is 1. The van der Waals surface area contributed by atoms with E-state index in [2.05, 4.69) is 29.6 Å². The zero-order chi connectivity index (χ0) is 29.9. The summed E-state index contributed by atoms with van der Waals surface area (Å²) >= 11 is 0. The van der Waals surface area contributed by atoms with E-state index >= 15 is 0 Å². The van der Waals surface area contributed by atoms with Crippen LogP contribution in [0.25, 0.3) is 0 Å². The Hall–Kier alpha value is -4.58. The van der Waals surface area contributed by atoms with Crippen molar-refractivity contribution in [1.29, 1.82) is 0 Å². The second-order valence-electron chi connectivity index (χ2n) is 12.4. The van der Waals surface area contributed by atoms with Crippen LogP contribution < -0.4 is 10.1 Å². The summed E-state index contributed by atoms with van der Waals surface area (Å²) < 4.78 is 12.4. The van der Waals surface area contributed by atoms with Crippen LogP contribution in [0.4, 0.5) is 16.2 Å². The van der Waals surface area contributed by atoms with Gasteiger partial charge in [-0.2, -0.15) is 0 Å². The van der Waals surface area contributed by atoms with Crippen molar-refractivity contribution in [2.24, 2.45) is 5.92 Å². The molecule has 2 bridgehead atoms. The minimum absolute atomic E-state index is 0.0107. The second kappa shape index (κ2) is 12.2. The van der Waals surface area contributed by atoms with Gasteiger partial charge >= 0.3 is 6.09 Å². The van der Waals surface area contributed by atoms with Gasteiger partial charge in [0.1, 0.15) is 19.0 Å². The van der Waals surface area contributed by atoms with E-state index in [1.165, 1.54) is 24.0 Å². The first-order chi connectivity index (χ1) is 21.6. The number of carbonyl (C=O) groups is 2. The van der Waals surface area contributed by atoms with Gasteiger partial charge in [-0.15, -0.1) is 0 Å². The molecule has 6 nitrogen and oxygen atoms in total. The number of piperidine rings is 1. The molecule has 1 saturated carbocycles. The molecule has 1 unspecified atom stereocenters. The molecule has 0 aromatic heterocycles. The normalized spacial score (nSPS) is 21.9. The van der Waals surface area contributed by atoms with Gasteiger partial charge in [0.25, 0.3) is 0 Å². The zero-order valence-corrected chi connectivity index (χ0v) is 24.9. The predicted octanol–water partition coefficient (Wildman–Crippen LogP) is 8.22. The molecule has 1 N–H and O–H groups in total. The molecule has 2 fully saturated rings. The summed E-state index contributed by atoms with van der Waals surface area (Å²) in [6.45, 7) is 1.42. The number of para-hydroxylation sites is 1. The Kier molecular flexibility index (Phi) is 7.82. The first-order valence-electron chi connectivity index (χ1n) is 15.8. The van der Waals surface area contributed by atoms with E-state index in [-0.39, 0.29) is 24.2 Å². The molecular weight excluding hydrogens is 548 g/mol. The molecule has 4 aromatic rings. The van der Waals surface area contributed by atoms with Crippen molar-refractivity contribution < 1.29 is 19.1 Å². The molecule has 1 saturated heterocycles. The summed E-state index contributed by atoms with van der Waals surface area (Å²) in [7, 11) is 0. The molecule has 2 aliphatic carbocycles. The topological polar surface area (TPSA) is 67.9 Å². The SMILES string of the molecule is O=Cc1ccccc1Nc1cc2c(cc1OCc1ccccc1)[C@]13CCCCC1[C@H](C2)N(C(=O)OCc1ccccc1)CC3. The molecule has 1 aliphatic heterocycles. The third-order valence-corrected chi connectivity index (χ3v) is 9.97. The highest BCUT2D eigenvalue weighted by atomic mass is 16.6. The summed E-state index contributed by atoms with van der Waals surface area (Å²) in [5.74, 6) is 1.17. The molecule has 1 heterocycles. The fraction of sp³-hybridized carbons (Fsp3) is 0.316. The van der Waals surface area contributed by atoms with E-state index in [4.69, 9.17) is 9.47 Å². The van der Waals surface area contributed by atoms with Gasteiger partial charge in [-0.1, -0.05) is 85.6 Å². The molecule has 1 amide bonds. The van der Waals surface area contributed by atoms with E-state index in [0.717, 1.165) is 60.2 Å². The second-order valence-corrected chi connectivity index (χ2v) is 12.4. The lowest BCUT2D eigenvalue weighted by molar-refractivity contribution is -0.0137. The monoisotopic (exact) mass is 586 g/mol. The maximum atomic E-state index is 13.5. The highest BCUT2D eigenvalue weighted by Gasteiger charge is 2.55. The summed E-state index contributed by atoms with van der Waals surface area (Å²) in [4.78, 5) is 27.4. The van der Waals surface area contributed by atoms with Crippen LogP contribution in [0.3, 0.4) is 0 Å². The van der Waals surface area contributed by atoms with Crippen molar-refractivity contribution >= 4 is 23.8 Å². The molecule has 6 heteroatoms. The van der Waals surface area contributed by atoms with E-state index in [1.807, 2.05) is 77.7 Å². The van der Waals surface area contributed by atoms with E-state index in [0.29, 0.717) is 24.6 Å². The maximum absolute atomic E-state index is 13.5. The summed E-state index contributed by atoms with van der Waals surface area (Å²) in [6.07, 6.45) is 6.94. The van der Waals surface area contributed by atoms with Crippen LogP contribution >= 0.6 is 0 Å². The van der Waals surface area contributed by atoms with Crippen LogP contribution in [0.1, 0.15) is 64.7 Å². The number of aldehydes is 1. The van der Waals surface area contributed by atoms with Crippen molar-refractivity contribution in [1.82, 2.24) is 4.90 Å². The number of fused-ring (bicyclic) bond motifs is 1. The lowest BCUT2D eigenvalue weighted by atomic mass is 9.52. The number of carbonyl (C=O) groups excluding carboxylic acids is 2. The number of hydrogen-bond acceptors (Lipinski definition) is 5. The van der Waals surface area contributed by atoms with Gasteiger partial charge in [0.2, 0.25) is 0 Å². The largest absolute Gasteiger partial charge is 0.487 e. The lowest BCUT2D eigenvalue weighted by Gasteiger charge is -2.58. The first kappa shape index (κ1) is 28.2. The Labute approximate surface area is 259 Å². The molecular formula is C38H38N2O4. The Morgan fingerprint density at radius 1 is 0.864 bits per heavy atom. The van der Waals surface area contributed by atoms with Crippen LogP contribution in [-0.4, -0.2) is 29.9 Å². The van der Waals surface area contributed by atoms with E-state index in [1.54, 1.807) is 0 Å². The standard InChI is InChI=1S/C38H38N2O4/c41-24-29-15-7-8-17-33(29)39-34-21-30-22-35-31-16-9-10-18-38(31,32(30)23-36(34)43-25-27-11-3-1-4-12-27)19-20-40(35)37(42)44-26-28-13-5-2-6-14-28/h1-8,11-15,17,21,23-24,31,35,39H,9-10,16,18-20,22,25-26H2/t31?,35-,38-/m0/s1. The Balaban J connectivity index is 1.24. The summed E-state index contributed by atoms with van der Waals surface area (Å²) in [5.41, 5.74) is 6.87. The van der Waals surface area contributed by atoms with Crippen molar-refractivity contribution in [2.75, 3.05) is 11.9 Å². The van der Waals surface area contributed by atoms with Crippen LogP contribution in [-0.2, 0) is 29.8 Å². The van der Waals surface area contributed by atoms with Gasteiger partial charge in [-0.05, 0) is 78.1 Å². The lowest BCUT2D eigenvalue weighted by Crippen LogP contribution is -2.62.